The van der Waals surface area contributed by atoms with Crippen LogP contribution in [0.2, 0.25) is 0 Å². The van der Waals surface area contributed by atoms with Gasteiger partial charge in [-0.1, -0.05) is 0 Å². The molecule has 1 aliphatic rings. The lowest BCUT2D eigenvalue weighted by molar-refractivity contribution is -0.243. The number of rotatable bonds is 2. The third-order valence-electron chi connectivity index (χ3n) is 3.14. The summed E-state index contributed by atoms with van der Waals surface area (Å²) in [5, 5.41) is 14.2. The van der Waals surface area contributed by atoms with Gasteiger partial charge in [0.05, 0.1) is 6.07 Å². The summed E-state index contributed by atoms with van der Waals surface area (Å²) in [7, 11) is 0. The Morgan fingerprint density at radius 1 is 1.40 bits per heavy atom. The van der Waals surface area contributed by atoms with Crippen molar-refractivity contribution in [2.24, 2.45) is 0 Å². The summed E-state index contributed by atoms with van der Waals surface area (Å²) in [5.41, 5.74) is -0.912. The Morgan fingerprint density at radius 3 is 2.50 bits per heavy atom. The van der Waals surface area contributed by atoms with Gasteiger partial charge in [-0.3, -0.25) is 4.68 Å². The Kier molecular flexibility index (Phi) is 3.67. The lowest BCUT2D eigenvalue weighted by Gasteiger charge is -2.36. The SMILES string of the molecule is N#CC1(n2cccn2)CCN(OC(=O)C(F)(F)F)CC1. The van der Waals surface area contributed by atoms with Crippen LogP contribution >= 0.6 is 0 Å². The molecule has 1 aromatic rings. The first-order chi connectivity index (χ1) is 9.37. The molecule has 0 bridgehead atoms. The monoisotopic (exact) mass is 288 g/mol. The van der Waals surface area contributed by atoms with E-state index in [1.807, 2.05) is 0 Å². The molecule has 0 N–H and O–H groups in total. The summed E-state index contributed by atoms with van der Waals surface area (Å²) in [4.78, 5) is 15.0. The molecule has 0 unspecified atom stereocenters. The molecular weight excluding hydrogens is 277 g/mol. The predicted octanol–water partition coefficient (Wildman–Crippen LogP) is 1.22. The van der Waals surface area contributed by atoms with Crippen molar-refractivity contribution in [1.29, 1.82) is 5.26 Å². The average Bonchev–Trinajstić information content (AvgIpc) is 2.93. The molecule has 2 rings (SSSR count). The highest BCUT2D eigenvalue weighted by Gasteiger charge is 2.44. The van der Waals surface area contributed by atoms with E-state index in [0.717, 1.165) is 5.06 Å². The van der Waals surface area contributed by atoms with Gasteiger partial charge in [0.2, 0.25) is 0 Å². The summed E-state index contributed by atoms with van der Waals surface area (Å²) in [5.74, 6) is -2.25. The number of aromatic nitrogens is 2. The van der Waals surface area contributed by atoms with Crippen LogP contribution in [0, 0.1) is 11.3 Å². The van der Waals surface area contributed by atoms with Crippen LogP contribution in [-0.4, -0.2) is 40.1 Å². The number of carbonyl (C=O) groups is 1. The maximum absolute atomic E-state index is 12.1. The largest absolute Gasteiger partial charge is 0.492 e. The van der Waals surface area contributed by atoms with Crippen LogP contribution in [0.15, 0.2) is 18.5 Å². The van der Waals surface area contributed by atoms with Gasteiger partial charge in [0.25, 0.3) is 0 Å². The summed E-state index contributed by atoms with van der Waals surface area (Å²) < 4.78 is 37.7. The number of nitrogens with zero attached hydrogens (tertiary/aromatic N) is 4. The molecule has 0 aromatic carbocycles. The fourth-order valence-electron chi connectivity index (χ4n) is 2.03. The molecule has 0 radical (unpaired) electrons. The molecule has 0 saturated carbocycles. The lowest BCUT2D eigenvalue weighted by Crippen LogP contribution is -2.47. The van der Waals surface area contributed by atoms with Crippen LogP contribution < -0.4 is 0 Å². The molecule has 0 amide bonds. The summed E-state index contributed by atoms with van der Waals surface area (Å²) in [6.07, 6.45) is -1.44. The van der Waals surface area contributed by atoms with Gasteiger partial charge in [-0.15, -0.1) is 5.06 Å². The molecule has 20 heavy (non-hydrogen) atoms. The topological polar surface area (TPSA) is 71.2 Å². The maximum atomic E-state index is 12.1. The smallest absolute Gasteiger partial charge is 0.361 e. The molecule has 9 heteroatoms. The number of carbonyl (C=O) groups excluding carboxylic acids is 1. The van der Waals surface area contributed by atoms with E-state index in [1.54, 1.807) is 12.3 Å². The Morgan fingerprint density at radius 2 is 2.05 bits per heavy atom. The lowest BCUT2D eigenvalue weighted by atomic mass is 9.90. The summed E-state index contributed by atoms with van der Waals surface area (Å²) >= 11 is 0. The second kappa shape index (κ2) is 5.13. The van der Waals surface area contributed by atoms with E-state index in [0.29, 0.717) is 0 Å². The summed E-state index contributed by atoms with van der Waals surface area (Å²) in [6.45, 7) is 0.0739. The Labute approximate surface area is 112 Å². The van der Waals surface area contributed by atoms with Crippen molar-refractivity contribution in [2.45, 2.75) is 24.6 Å². The third kappa shape index (κ3) is 2.75. The predicted molar refractivity (Wildman–Crippen MR) is 58.8 cm³/mol. The molecule has 6 nitrogen and oxygen atoms in total. The maximum Gasteiger partial charge on any atom is 0.492 e. The van der Waals surface area contributed by atoms with Gasteiger partial charge < -0.3 is 4.84 Å². The van der Waals surface area contributed by atoms with Gasteiger partial charge in [-0.2, -0.15) is 23.5 Å². The quantitative estimate of drug-likeness (QED) is 0.818. The van der Waals surface area contributed by atoms with Crippen molar-refractivity contribution >= 4 is 5.97 Å². The molecule has 2 heterocycles. The minimum atomic E-state index is -5.02. The number of hydrogen-bond donors (Lipinski definition) is 0. The van der Waals surface area contributed by atoms with E-state index >= 15 is 0 Å². The van der Waals surface area contributed by atoms with Crippen molar-refractivity contribution in [3.63, 3.8) is 0 Å². The minimum Gasteiger partial charge on any atom is -0.361 e. The third-order valence-corrected chi connectivity index (χ3v) is 3.14. The number of hydroxylamine groups is 2. The van der Waals surface area contributed by atoms with Gasteiger partial charge in [-0.05, 0) is 6.07 Å². The number of halogens is 3. The number of nitriles is 1. The first kappa shape index (κ1) is 14.3. The zero-order valence-electron chi connectivity index (χ0n) is 10.3. The van der Waals surface area contributed by atoms with E-state index in [4.69, 9.17) is 0 Å². The highest BCUT2D eigenvalue weighted by Crippen LogP contribution is 2.29. The van der Waals surface area contributed by atoms with Crippen molar-refractivity contribution in [1.82, 2.24) is 14.8 Å². The zero-order chi connectivity index (χ0) is 14.8. The van der Waals surface area contributed by atoms with Crippen LogP contribution in [0.5, 0.6) is 0 Å². The van der Waals surface area contributed by atoms with Gasteiger partial charge in [0.1, 0.15) is 0 Å². The Bertz CT molecular complexity index is 513. The molecular formula is C11H11F3N4O2. The van der Waals surface area contributed by atoms with Crippen molar-refractivity contribution < 1.29 is 22.8 Å². The molecule has 0 spiro atoms. The van der Waals surface area contributed by atoms with Crippen molar-refractivity contribution in [3.05, 3.63) is 18.5 Å². The molecule has 108 valence electrons. The van der Waals surface area contributed by atoms with E-state index in [2.05, 4.69) is 16.0 Å². The average molecular weight is 288 g/mol. The Balaban J connectivity index is 1.99. The zero-order valence-corrected chi connectivity index (χ0v) is 10.3. The van der Waals surface area contributed by atoms with Crippen LogP contribution in [0.1, 0.15) is 12.8 Å². The molecule has 1 fully saturated rings. The van der Waals surface area contributed by atoms with Crippen LogP contribution in [0.25, 0.3) is 0 Å². The van der Waals surface area contributed by atoms with E-state index < -0.39 is 17.7 Å². The van der Waals surface area contributed by atoms with Gasteiger partial charge in [-0.25, -0.2) is 4.79 Å². The van der Waals surface area contributed by atoms with Gasteiger partial charge in [0, 0.05) is 38.3 Å². The number of alkyl halides is 3. The summed E-state index contributed by atoms with van der Waals surface area (Å²) in [6, 6.07) is 3.80. The van der Waals surface area contributed by atoms with Crippen molar-refractivity contribution in [2.75, 3.05) is 13.1 Å². The molecule has 1 saturated heterocycles. The first-order valence-corrected chi connectivity index (χ1v) is 5.83. The van der Waals surface area contributed by atoms with Gasteiger partial charge >= 0.3 is 12.1 Å². The fraction of sp³-hybridized carbons (Fsp3) is 0.545. The highest BCUT2D eigenvalue weighted by atomic mass is 19.4. The molecule has 0 atom stereocenters. The van der Waals surface area contributed by atoms with Crippen LogP contribution in [0.4, 0.5) is 13.2 Å². The van der Waals surface area contributed by atoms with Crippen LogP contribution in [0.3, 0.4) is 0 Å². The number of hydrogen-bond acceptors (Lipinski definition) is 5. The van der Waals surface area contributed by atoms with Crippen molar-refractivity contribution in [3.8, 4) is 6.07 Å². The Hall–Kier alpha value is -2.08. The van der Waals surface area contributed by atoms with Crippen LogP contribution in [-0.2, 0) is 15.2 Å². The van der Waals surface area contributed by atoms with E-state index in [1.165, 1.54) is 10.9 Å². The van der Waals surface area contributed by atoms with E-state index in [-0.39, 0.29) is 25.9 Å². The number of piperidine rings is 1. The fourth-order valence-corrected chi connectivity index (χ4v) is 2.03. The second-order valence-corrected chi connectivity index (χ2v) is 4.40. The molecule has 1 aromatic heterocycles. The minimum absolute atomic E-state index is 0.0369. The first-order valence-electron chi connectivity index (χ1n) is 5.83. The molecule has 0 aliphatic carbocycles. The molecule has 1 aliphatic heterocycles. The van der Waals surface area contributed by atoms with Gasteiger partial charge in [0.15, 0.2) is 5.54 Å². The highest BCUT2D eigenvalue weighted by molar-refractivity contribution is 5.75. The second-order valence-electron chi connectivity index (χ2n) is 4.40. The van der Waals surface area contributed by atoms with E-state index in [9.17, 15) is 23.2 Å². The normalized spacial score (nSPS) is 19.3. The standard InChI is InChI=1S/C11H11F3N4O2/c12-11(13,14)9(19)20-17-6-2-10(8-15,3-7-17)18-5-1-4-16-18/h1,4-5H,2-3,6-7H2.